The second-order valence-corrected chi connectivity index (χ2v) is 12.7. The van der Waals surface area contributed by atoms with Gasteiger partial charge in [-0.1, -0.05) is 121 Å². The van der Waals surface area contributed by atoms with E-state index in [4.69, 9.17) is 9.97 Å². The summed E-state index contributed by atoms with van der Waals surface area (Å²) in [6, 6.07) is 68.1. The Morgan fingerprint density at radius 3 is 1.15 bits per heavy atom. The summed E-state index contributed by atoms with van der Waals surface area (Å²) in [4.78, 5) is 14.2. The first-order valence-corrected chi connectivity index (χ1v) is 17.5. The standard InChI is InChI=1S/C48H34N4/c1-3-17-40(18-4-1)51(46-23-11-15-36-13-7-9-21-44(36)46)42-29-25-35(26-30-42)39-33-49-48(50-34-39)38-27-31-43(32-28-38)52(41-19-5-2-6-20-41)47-24-12-16-37-14-8-10-22-45(37)47/h1-34H. The fraction of sp³-hybridized carbons (Fsp3) is 0. The summed E-state index contributed by atoms with van der Waals surface area (Å²) in [5, 5.41) is 4.82. The molecule has 9 aromatic rings. The van der Waals surface area contributed by atoms with Gasteiger partial charge in [0.25, 0.3) is 0 Å². The van der Waals surface area contributed by atoms with Gasteiger partial charge < -0.3 is 9.80 Å². The quantitative estimate of drug-likeness (QED) is 0.162. The number of fused-ring (bicyclic) bond motifs is 2. The molecule has 0 bridgehead atoms. The van der Waals surface area contributed by atoms with Gasteiger partial charge in [0, 0.05) is 57.0 Å². The number of nitrogens with zero attached hydrogens (tertiary/aromatic N) is 4. The summed E-state index contributed by atoms with van der Waals surface area (Å²) in [6.45, 7) is 0. The Hall–Kier alpha value is -7.04. The molecule has 0 radical (unpaired) electrons. The van der Waals surface area contributed by atoms with E-state index < -0.39 is 0 Å². The lowest BCUT2D eigenvalue weighted by Crippen LogP contribution is -2.10. The van der Waals surface area contributed by atoms with Crippen molar-refractivity contribution in [1.82, 2.24) is 9.97 Å². The number of anilines is 6. The third kappa shape index (κ3) is 5.93. The van der Waals surface area contributed by atoms with Crippen molar-refractivity contribution in [3.8, 4) is 22.5 Å². The molecule has 4 nitrogen and oxygen atoms in total. The maximum Gasteiger partial charge on any atom is 0.159 e. The van der Waals surface area contributed by atoms with Crippen LogP contribution in [0.1, 0.15) is 0 Å². The minimum atomic E-state index is 0.689. The molecule has 1 heterocycles. The van der Waals surface area contributed by atoms with E-state index in [1.807, 2.05) is 12.4 Å². The fourth-order valence-electron chi connectivity index (χ4n) is 7.00. The summed E-state index contributed by atoms with van der Waals surface area (Å²) in [5.41, 5.74) is 9.61. The third-order valence-corrected chi connectivity index (χ3v) is 9.54. The lowest BCUT2D eigenvalue weighted by molar-refractivity contribution is 1.18. The highest BCUT2D eigenvalue weighted by Gasteiger charge is 2.17. The van der Waals surface area contributed by atoms with Crippen LogP contribution in [-0.4, -0.2) is 9.97 Å². The Morgan fingerprint density at radius 2 is 0.673 bits per heavy atom. The van der Waals surface area contributed by atoms with E-state index in [1.54, 1.807) is 0 Å². The Balaban J connectivity index is 1.00. The smallest absolute Gasteiger partial charge is 0.159 e. The molecule has 52 heavy (non-hydrogen) atoms. The van der Waals surface area contributed by atoms with Gasteiger partial charge in [-0.3, -0.25) is 0 Å². The molecule has 9 rings (SSSR count). The molecule has 0 fully saturated rings. The predicted molar refractivity (Wildman–Crippen MR) is 217 cm³/mol. The van der Waals surface area contributed by atoms with E-state index >= 15 is 0 Å². The highest BCUT2D eigenvalue weighted by atomic mass is 15.1. The molecule has 4 heteroatoms. The molecular formula is C48H34N4. The maximum absolute atomic E-state index is 4.81. The van der Waals surface area contributed by atoms with Gasteiger partial charge in [-0.2, -0.15) is 0 Å². The van der Waals surface area contributed by atoms with Gasteiger partial charge in [-0.05, 0) is 89.1 Å². The van der Waals surface area contributed by atoms with Crippen molar-refractivity contribution in [2.45, 2.75) is 0 Å². The molecule has 0 aliphatic rings. The Bertz CT molecular complexity index is 2410. The minimum absolute atomic E-state index is 0.689. The molecule has 0 saturated carbocycles. The number of para-hydroxylation sites is 2. The molecule has 0 amide bonds. The van der Waals surface area contributed by atoms with Crippen molar-refractivity contribution in [3.05, 3.63) is 207 Å². The van der Waals surface area contributed by atoms with E-state index in [-0.39, 0.29) is 0 Å². The number of hydrogen-bond donors (Lipinski definition) is 0. The number of rotatable bonds is 8. The van der Waals surface area contributed by atoms with Crippen molar-refractivity contribution < 1.29 is 0 Å². The van der Waals surface area contributed by atoms with Crippen molar-refractivity contribution in [3.63, 3.8) is 0 Å². The second-order valence-electron chi connectivity index (χ2n) is 12.7. The summed E-state index contributed by atoms with van der Waals surface area (Å²) >= 11 is 0. The van der Waals surface area contributed by atoms with Crippen LogP contribution in [0.5, 0.6) is 0 Å². The van der Waals surface area contributed by atoms with Gasteiger partial charge in [0.05, 0.1) is 11.4 Å². The topological polar surface area (TPSA) is 32.3 Å². The van der Waals surface area contributed by atoms with Crippen LogP contribution in [0.15, 0.2) is 207 Å². The van der Waals surface area contributed by atoms with E-state index in [1.165, 1.54) is 21.5 Å². The van der Waals surface area contributed by atoms with E-state index in [0.29, 0.717) is 5.82 Å². The van der Waals surface area contributed by atoms with E-state index in [9.17, 15) is 0 Å². The van der Waals surface area contributed by atoms with Gasteiger partial charge in [-0.15, -0.1) is 0 Å². The highest BCUT2D eigenvalue weighted by molar-refractivity contribution is 6.00. The molecule has 8 aromatic carbocycles. The molecule has 0 spiro atoms. The van der Waals surface area contributed by atoms with Crippen LogP contribution in [-0.2, 0) is 0 Å². The van der Waals surface area contributed by atoms with Crippen LogP contribution in [0.25, 0.3) is 44.1 Å². The molecule has 0 N–H and O–H groups in total. The summed E-state index contributed by atoms with van der Waals surface area (Å²) in [5.74, 6) is 0.689. The predicted octanol–water partition coefficient (Wildman–Crippen LogP) is 13.1. The Kier molecular flexibility index (Phi) is 8.16. The van der Waals surface area contributed by atoms with Crippen LogP contribution in [0, 0.1) is 0 Å². The van der Waals surface area contributed by atoms with Crippen LogP contribution in [0.3, 0.4) is 0 Å². The summed E-state index contributed by atoms with van der Waals surface area (Å²) < 4.78 is 0. The largest absolute Gasteiger partial charge is 0.310 e. The lowest BCUT2D eigenvalue weighted by Gasteiger charge is -2.27. The van der Waals surface area contributed by atoms with E-state index in [0.717, 1.165) is 50.8 Å². The molecule has 0 atom stereocenters. The van der Waals surface area contributed by atoms with Crippen molar-refractivity contribution in [2.75, 3.05) is 9.80 Å². The van der Waals surface area contributed by atoms with Gasteiger partial charge in [0.1, 0.15) is 0 Å². The SMILES string of the molecule is c1ccc(N(c2ccc(-c3cnc(-c4ccc(N(c5ccccc5)c5cccc6ccccc56)cc4)nc3)cc2)c2cccc3ccccc23)cc1. The van der Waals surface area contributed by atoms with Crippen LogP contribution < -0.4 is 9.80 Å². The fourth-order valence-corrected chi connectivity index (χ4v) is 7.00. The lowest BCUT2D eigenvalue weighted by atomic mass is 10.0. The molecule has 0 saturated heterocycles. The van der Waals surface area contributed by atoms with Gasteiger partial charge in [0.2, 0.25) is 0 Å². The average molecular weight is 667 g/mol. The minimum Gasteiger partial charge on any atom is -0.310 e. The number of aromatic nitrogens is 2. The molecule has 246 valence electrons. The first-order chi connectivity index (χ1) is 25.8. The monoisotopic (exact) mass is 666 g/mol. The molecule has 0 unspecified atom stereocenters. The highest BCUT2D eigenvalue weighted by Crippen LogP contribution is 2.41. The zero-order valence-corrected chi connectivity index (χ0v) is 28.4. The van der Waals surface area contributed by atoms with Crippen molar-refractivity contribution in [2.24, 2.45) is 0 Å². The van der Waals surface area contributed by atoms with Gasteiger partial charge in [0.15, 0.2) is 5.82 Å². The van der Waals surface area contributed by atoms with Crippen LogP contribution in [0.2, 0.25) is 0 Å². The number of benzene rings is 8. The normalized spacial score (nSPS) is 11.1. The summed E-state index contributed by atoms with van der Waals surface area (Å²) in [7, 11) is 0. The third-order valence-electron chi connectivity index (χ3n) is 9.54. The zero-order chi connectivity index (χ0) is 34.7. The molecule has 0 aliphatic heterocycles. The van der Waals surface area contributed by atoms with Gasteiger partial charge in [-0.25, -0.2) is 9.97 Å². The first-order valence-electron chi connectivity index (χ1n) is 17.5. The zero-order valence-electron chi connectivity index (χ0n) is 28.4. The van der Waals surface area contributed by atoms with Gasteiger partial charge >= 0.3 is 0 Å². The molecule has 1 aromatic heterocycles. The molecular weight excluding hydrogens is 633 g/mol. The first kappa shape index (κ1) is 31.0. The Labute approximate surface area is 303 Å². The number of hydrogen-bond acceptors (Lipinski definition) is 4. The van der Waals surface area contributed by atoms with Crippen LogP contribution in [0.4, 0.5) is 34.1 Å². The second kappa shape index (κ2) is 13.7. The average Bonchev–Trinajstić information content (AvgIpc) is 3.23. The maximum atomic E-state index is 4.81. The molecule has 0 aliphatic carbocycles. The van der Waals surface area contributed by atoms with E-state index in [2.05, 4.69) is 204 Å². The van der Waals surface area contributed by atoms with Crippen LogP contribution >= 0.6 is 0 Å². The Morgan fingerprint density at radius 1 is 0.288 bits per heavy atom. The van der Waals surface area contributed by atoms with Crippen molar-refractivity contribution in [1.29, 1.82) is 0 Å². The summed E-state index contributed by atoms with van der Waals surface area (Å²) in [6.07, 6.45) is 3.83. The van der Waals surface area contributed by atoms with Crippen molar-refractivity contribution >= 4 is 55.7 Å².